The molecule has 0 aromatic heterocycles. The van der Waals surface area contributed by atoms with E-state index in [-0.39, 0.29) is 24.3 Å². The van der Waals surface area contributed by atoms with E-state index in [0.717, 1.165) is 6.54 Å². The molecule has 0 unspecified atom stereocenters. The van der Waals surface area contributed by atoms with E-state index in [4.69, 9.17) is 11.5 Å². The van der Waals surface area contributed by atoms with Gasteiger partial charge in [0.05, 0.1) is 0 Å². The summed E-state index contributed by atoms with van der Waals surface area (Å²) >= 11 is 0. The molecule has 0 radical (unpaired) electrons. The van der Waals surface area contributed by atoms with Gasteiger partial charge in [0, 0.05) is 32.0 Å². The van der Waals surface area contributed by atoms with Crippen LogP contribution in [0.4, 0.5) is 0 Å². The molecule has 1 fully saturated rings. The van der Waals surface area contributed by atoms with E-state index in [9.17, 15) is 9.59 Å². The van der Waals surface area contributed by atoms with E-state index < -0.39 is 0 Å². The second-order valence-electron chi connectivity index (χ2n) is 5.19. The highest BCUT2D eigenvalue weighted by atomic mass is 16.2. The summed E-state index contributed by atoms with van der Waals surface area (Å²) in [6.07, 6.45) is 1.20. The number of carbonyl (C=O) groups excluding carboxylic acids is 2. The van der Waals surface area contributed by atoms with Gasteiger partial charge in [-0.15, -0.1) is 0 Å². The fraction of sp³-hybridized carbons (Fsp3) is 0.833. The Morgan fingerprint density at radius 2 is 1.94 bits per heavy atom. The van der Waals surface area contributed by atoms with Crippen LogP contribution < -0.4 is 11.5 Å². The first-order chi connectivity index (χ1) is 7.91. The van der Waals surface area contributed by atoms with Crippen LogP contribution in [0.5, 0.6) is 0 Å². The first kappa shape index (κ1) is 14.0. The highest BCUT2D eigenvalue weighted by molar-refractivity contribution is 5.78. The quantitative estimate of drug-likeness (QED) is 0.714. The predicted molar refractivity (Wildman–Crippen MR) is 65.9 cm³/mol. The number of likely N-dealkylation sites (tertiary alicyclic amines) is 1. The maximum Gasteiger partial charge on any atom is 0.222 e. The van der Waals surface area contributed by atoms with Gasteiger partial charge in [-0.2, -0.15) is 0 Å². The van der Waals surface area contributed by atoms with Crippen molar-refractivity contribution in [1.82, 2.24) is 4.90 Å². The maximum absolute atomic E-state index is 11.9. The summed E-state index contributed by atoms with van der Waals surface area (Å²) in [6.45, 7) is 5.64. The fourth-order valence-corrected chi connectivity index (χ4v) is 2.34. The smallest absolute Gasteiger partial charge is 0.222 e. The molecule has 0 aromatic rings. The van der Waals surface area contributed by atoms with Crippen LogP contribution in [-0.2, 0) is 9.59 Å². The van der Waals surface area contributed by atoms with Crippen molar-refractivity contribution in [3.63, 3.8) is 0 Å². The number of primary amides is 1. The summed E-state index contributed by atoms with van der Waals surface area (Å²) in [5, 5.41) is 0. The number of amides is 2. The monoisotopic (exact) mass is 241 g/mol. The topological polar surface area (TPSA) is 89.4 Å². The van der Waals surface area contributed by atoms with E-state index in [0.29, 0.717) is 31.2 Å². The largest absolute Gasteiger partial charge is 0.370 e. The third kappa shape index (κ3) is 4.00. The minimum absolute atomic E-state index is 0.0788. The third-order valence-corrected chi connectivity index (χ3v) is 3.44. The lowest BCUT2D eigenvalue weighted by molar-refractivity contribution is -0.130. The van der Waals surface area contributed by atoms with Crippen molar-refractivity contribution < 1.29 is 9.59 Å². The minimum atomic E-state index is -0.351. The van der Waals surface area contributed by atoms with E-state index in [2.05, 4.69) is 13.8 Å². The predicted octanol–water partition coefficient (Wildman–Crippen LogP) is 0.0837. The Balaban J connectivity index is 2.37. The maximum atomic E-state index is 11.9. The lowest BCUT2D eigenvalue weighted by Crippen LogP contribution is -2.33. The Labute approximate surface area is 103 Å². The number of nitrogens with zero attached hydrogens (tertiary/aromatic N) is 1. The SMILES string of the molecule is CC(C)[C@@H]1CN(C(=O)CCCC(N)=O)C[C@H]1N. The van der Waals surface area contributed by atoms with Crippen molar-refractivity contribution in [3.8, 4) is 0 Å². The van der Waals surface area contributed by atoms with E-state index in [1.807, 2.05) is 4.90 Å². The summed E-state index contributed by atoms with van der Waals surface area (Å²) in [4.78, 5) is 24.2. The zero-order valence-electron chi connectivity index (χ0n) is 10.7. The van der Waals surface area contributed by atoms with E-state index in [1.165, 1.54) is 0 Å². The summed E-state index contributed by atoms with van der Waals surface area (Å²) < 4.78 is 0. The number of hydrogen-bond donors (Lipinski definition) is 2. The Bertz CT molecular complexity index is 291. The molecule has 0 spiro atoms. The molecule has 1 rings (SSSR count). The van der Waals surface area contributed by atoms with Gasteiger partial charge in [-0.25, -0.2) is 0 Å². The molecule has 0 bridgehead atoms. The highest BCUT2D eigenvalue weighted by Crippen LogP contribution is 2.23. The van der Waals surface area contributed by atoms with Crippen LogP contribution in [-0.4, -0.2) is 35.8 Å². The van der Waals surface area contributed by atoms with Gasteiger partial charge >= 0.3 is 0 Å². The number of nitrogens with two attached hydrogens (primary N) is 2. The van der Waals surface area contributed by atoms with Crippen molar-refractivity contribution in [2.45, 2.75) is 39.2 Å². The van der Waals surface area contributed by atoms with Crippen molar-refractivity contribution in [2.24, 2.45) is 23.3 Å². The Morgan fingerprint density at radius 1 is 1.29 bits per heavy atom. The molecule has 98 valence electrons. The summed E-state index contributed by atoms with van der Waals surface area (Å²) in [5.74, 6) is 0.615. The fourth-order valence-electron chi connectivity index (χ4n) is 2.34. The molecule has 17 heavy (non-hydrogen) atoms. The summed E-state index contributed by atoms with van der Waals surface area (Å²) in [7, 11) is 0. The second kappa shape index (κ2) is 6.00. The Hall–Kier alpha value is -1.10. The molecule has 4 N–H and O–H groups in total. The zero-order chi connectivity index (χ0) is 13.0. The van der Waals surface area contributed by atoms with Crippen LogP contribution in [0.25, 0.3) is 0 Å². The first-order valence-electron chi connectivity index (χ1n) is 6.23. The average Bonchev–Trinajstić information content (AvgIpc) is 2.59. The van der Waals surface area contributed by atoms with Crippen LogP contribution >= 0.6 is 0 Å². The van der Waals surface area contributed by atoms with Gasteiger partial charge < -0.3 is 16.4 Å². The van der Waals surface area contributed by atoms with Crippen molar-refractivity contribution in [3.05, 3.63) is 0 Å². The summed E-state index contributed by atoms with van der Waals surface area (Å²) in [5.41, 5.74) is 11.0. The van der Waals surface area contributed by atoms with Crippen molar-refractivity contribution in [2.75, 3.05) is 13.1 Å². The van der Waals surface area contributed by atoms with Crippen LogP contribution in [0.15, 0.2) is 0 Å². The second-order valence-corrected chi connectivity index (χ2v) is 5.19. The van der Waals surface area contributed by atoms with Gasteiger partial charge in [-0.1, -0.05) is 13.8 Å². The van der Waals surface area contributed by atoms with Crippen molar-refractivity contribution in [1.29, 1.82) is 0 Å². The van der Waals surface area contributed by atoms with Crippen molar-refractivity contribution >= 4 is 11.8 Å². The number of carbonyl (C=O) groups is 2. The molecule has 2 amide bonds. The normalized spacial score (nSPS) is 24.4. The van der Waals surface area contributed by atoms with Crippen LogP contribution in [0.3, 0.4) is 0 Å². The molecule has 0 aromatic carbocycles. The highest BCUT2D eigenvalue weighted by Gasteiger charge is 2.34. The molecule has 2 atom stereocenters. The van der Waals surface area contributed by atoms with Crippen LogP contribution in [0.2, 0.25) is 0 Å². The molecule has 0 saturated carbocycles. The van der Waals surface area contributed by atoms with Crippen LogP contribution in [0, 0.1) is 11.8 Å². The lowest BCUT2D eigenvalue weighted by atomic mass is 9.92. The van der Waals surface area contributed by atoms with Gasteiger partial charge in [-0.3, -0.25) is 9.59 Å². The summed E-state index contributed by atoms with van der Waals surface area (Å²) in [6, 6.07) is 0.0788. The molecule has 1 aliphatic rings. The van der Waals surface area contributed by atoms with Gasteiger partial charge in [0.2, 0.25) is 11.8 Å². The molecule has 5 nitrogen and oxygen atoms in total. The first-order valence-corrected chi connectivity index (χ1v) is 6.23. The van der Waals surface area contributed by atoms with Gasteiger partial charge in [0.25, 0.3) is 0 Å². The molecular weight excluding hydrogens is 218 g/mol. The molecule has 1 saturated heterocycles. The van der Waals surface area contributed by atoms with Gasteiger partial charge in [-0.05, 0) is 18.3 Å². The number of hydrogen-bond acceptors (Lipinski definition) is 3. The Kier molecular flexibility index (Phi) is 4.93. The average molecular weight is 241 g/mol. The van der Waals surface area contributed by atoms with Gasteiger partial charge in [0.15, 0.2) is 0 Å². The third-order valence-electron chi connectivity index (χ3n) is 3.44. The molecular formula is C12H23N3O2. The Morgan fingerprint density at radius 3 is 2.41 bits per heavy atom. The minimum Gasteiger partial charge on any atom is -0.370 e. The van der Waals surface area contributed by atoms with Gasteiger partial charge in [0.1, 0.15) is 0 Å². The number of rotatable bonds is 5. The van der Waals surface area contributed by atoms with E-state index in [1.54, 1.807) is 0 Å². The van der Waals surface area contributed by atoms with Crippen LogP contribution in [0.1, 0.15) is 33.1 Å². The molecule has 0 aliphatic carbocycles. The molecule has 1 aliphatic heterocycles. The lowest BCUT2D eigenvalue weighted by Gasteiger charge is -2.18. The standard InChI is InChI=1S/C12H23N3O2/c1-8(2)9-6-15(7-10(9)13)12(17)5-3-4-11(14)16/h8-10H,3-7,13H2,1-2H3,(H2,14,16)/t9-,10+/m0/s1. The van der Waals surface area contributed by atoms with E-state index >= 15 is 0 Å². The zero-order valence-corrected chi connectivity index (χ0v) is 10.7. The molecule has 1 heterocycles. The molecule has 5 heteroatoms.